The van der Waals surface area contributed by atoms with E-state index < -0.39 is 12.0 Å². The summed E-state index contributed by atoms with van der Waals surface area (Å²) in [5.41, 5.74) is 7.17. The highest BCUT2D eigenvalue weighted by molar-refractivity contribution is 6.35. The standard InChI is InChI=1S/C11H11ClN2O2.ClH/c12-8-3-1-2-7-6(5-14-10(7)8)4-9(13)11(15)16;/h1-3,5,9,14H,4,13H2,(H,15,16);1H. The van der Waals surface area contributed by atoms with Gasteiger partial charge in [0.15, 0.2) is 0 Å². The molecular weight excluding hydrogens is 263 g/mol. The SMILES string of the molecule is Cl.NC(Cc1c[nH]c2c(Cl)cccc12)C(=O)O. The lowest BCUT2D eigenvalue weighted by atomic mass is 10.1. The van der Waals surface area contributed by atoms with Crippen LogP contribution in [-0.4, -0.2) is 22.1 Å². The topological polar surface area (TPSA) is 79.1 Å². The van der Waals surface area contributed by atoms with E-state index >= 15 is 0 Å². The minimum Gasteiger partial charge on any atom is -0.480 e. The Balaban J connectivity index is 0.00000144. The first kappa shape index (κ1) is 13.8. The molecule has 0 amide bonds. The van der Waals surface area contributed by atoms with E-state index in [2.05, 4.69) is 4.98 Å². The zero-order valence-electron chi connectivity index (χ0n) is 8.81. The Bertz CT molecular complexity index is 539. The summed E-state index contributed by atoms with van der Waals surface area (Å²) in [5, 5.41) is 10.3. The van der Waals surface area contributed by atoms with Crippen molar-refractivity contribution in [3.8, 4) is 0 Å². The summed E-state index contributed by atoms with van der Waals surface area (Å²) in [6, 6.07) is 4.61. The summed E-state index contributed by atoms with van der Waals surface area (Å²) in [6.45, 7) is 0. The van der Waals surface area contributed by atoms with Crippen LogP contribution in [0.15, 0.2) is 24.4 Å². The number of carbonyl (C=O) groups is 1. The summed E-state index contributed by atoms with van der Waals surface area (Å²) in [7, 11) is 0. The highest BCUT2D eigenvalue weighted by Crippen LogP contribution is 2.25. The molecule has 2 aromatic rings. The molecule has 0 saturated carbocycles. The van der Waals surface area contributed by atoms with E-state index in [0.717, 1.165) is 16.5 Å². The average Bonchev–Trinajstić information content (AvgIpc) is 2.63. The predicted octanol–water partition coefficient (Wildman–Crippen LogP) is 2.20. The highest BCUT2D eigenvalue weighted by atomic mass is 35.5. The molecule has 0 radical (unpaired) electrons. The van der Waals surface area contributed by atoms with Crippen molar-refractivity contribution < 1.29 is 9.90 Å². The number of H-pyrrole nitrogens is 1. The largest absolute Gasteiger partial charge is 0.480 e. The van der Waals surface area contributed by atoms with Gasteiger partial charge >= 0.3 is 5.97 Å². The molecule has 0 bridgehead atoms. The Labute approximate surface area is 109 Å². The van der Waals surface area contributed by atoms with Gasteiger partial charge in [-0.3, -0.25) is 4.79 Å². The van der Waals surface area contributed by atoms with Crippen LogP contribution in [0, 0.1) is 0 Å². The van der Waals surface area contributed by atoms with E-state index in [9.17, 15) is 4.79 Å². The third kappa shape index (κ3) is 2.72. The molecule has 1 aromatic carbocycles. The predicted molar refractivity (Wildman–Crippen MR) is 69.9 cm³/mol. The van der Waals surface area contributed by atoms with E-state index in [4.69, 9.17) is 22.4 Å². The second-order valence-corrected chi connectivity index (χ2v) is 4.03. The summed E-state index contributed by atoms with van der Waals surface area (Å²) in [6.07, 6.45) is 2.04. The van der Waals surface area contributed by atoms with Gasteiger partial charge in [-0.1, -0.05) is 23.7 Å². The Hall–Kier alpha value is -1.23. The van der Waals surface area contributed by atoms with Crippen molar-refractivity contribution in [1.29, 1.82) is 0 Å². The molecule has 92 valence electrons. The zero-order chi connectivity index (χ0) is 11.7. The molecule has 0 aliphatic heterocycles. The molecule has 0 saturated heterocycles. The normalized spacial score (nSPS) is 12.1. The summed E-state index contributed by atoms with van der Waals surface area (Å²) < 4.78 is 0. The molecule has 0 fully saturated rings. The van der Waals surface area contributed by atoms with Crippen molar-refractivity contribution in [2.75, 3.05) is 0 Å². The Morgan fingerprint density at radius 2 is 2.24 bits per heavy atom. The third-order valence-corrected chi connectivity index (χ3v) is 2.82. The molecule has 1 unspecified atom stereocenters. The average molecular weight is 275 g/mol. The monoisotopic (exact) mass is 274 g/mol. The first-order valence-corrected chi connectivity index (χ1v) is 5.20. The maximum Gasteiger partial charge on any atom is 0.320 e. The van der Waals surface area contributed by atoms with E-state index in [1.807, 2.05) is 12.1 Å². The fourth-order valence-corrected chi connectivity index (χ4v) is 1.90. The van der Waals surface area contributed by atoms with Gasteiger partial charge in [-0.05, 0) is 11.6 Å². The number of aliphatic carboxylic acids is 1. The number of fused-ring (bicyclic) bond motifs is 1. The molecule has 1 aromatic heterocycles. The number of nitrogens with one attached hydrogen (secondary N) is 1. The van der Waals surface area contributed by atoms with Gasteiger partial charge in [0.1, 0.15) is 6.04 Å². The lowest BCUT2D eigenvalue weighted by Gasteiger charge is -2.04. The van der Waals surface area contributed by atoms with Crippen molar-refractivity contribution in [3.05, 3.63) is 35.0 Å². The van der Waals surface area contributed by atoms with Gasteiger partial charge in [0.2, 0.25) is 0 Å². The number of halogens is 2. The number of nitrogens with two attached hydrogens (primary N) is 1. The third-order valence-electron chi connectivity index (χ3n) is 2.51. The number of carboxylic acid groups (broad SMARTS) is 1. The number of hydrogen-bond donors (Lipinski definition) is 3. The van der Waals surface area contributed by atoms with E-state index in [1.165, 1.54) is 0 Å². The van der Waals surface area contributed by atoms with Gasteiger partial charge in [0.25, 0.3) is 0 Å². The van der Waals surface area contributed by atoms with Gasteiger partial charge < -0.3 is 15.8 Å². The van der Waals surface area contributed by atoms with Crippen LogP contribution in [0.4, 0.5) is 0 Å². The summed E-state index contributed by atoms with van der Waals surface area (Å²) in [4.78, 5) is 13.7. The van der Waals surface area contributed by atoms with Gasteiger partial charge in [0, 0.05) is 18.0 Å². The van der Waals surface area contributed by atoms with Crippen LogP contribution in [0.2, 0.25) is 5.02 Å². The van der Waals surface area contributed by atoms with Crippen LogP contribution in [0.5, 0.6) is 0 Å². The first-order valence-electron chi connectivity index (χ1n) is 4.82. The minimum absolute atomic E-state index is 0. The fraction of sp³-hybridized carbons (Fsp3) is 0.182. The molecule has 1 heterocycles. The maximum atomic E-state index is 10.7. The molecule has 0 spiro atoms. The molecule has 17 heavy (non-hydrogen) atoms. The van der Waals surface area contributed by atoms with E-state index in [1.54, 1.807) is 12.3 Å². The van der Waals surface area contributed by atoms with Crippen molar-refractivity contribution in [2.45, 2.75) is 12.5 Å². The second-order valence-electron chi connectivity index (χ2n) is 3.63. The Kier molecular flexibility index (Phi) is 4.40. The minimum atomic E-state index is -1.00. The van der Waals surface area contributed by atoms with Crippen LogP contribution in [0.1, 0.15) is 5.56 Å². The van der Waals surface area contributed by atoms with Gasteiger partial charge in [-0.2, -0.15) is 0 Å². The number of aromatic amines is 1. The molecular formula is C11H12Cl2N2O2. The Morgan fingerprint density at radius 3 is 2.88 bits per heavy atom. The molecule has 0 aliphatic rings. The summed E-state index contributed by atoms with van der Waals surface area (Å²) >= 11 is 5.99. The Morgan fingerprint density at radius 1 is 1.53 bits per heavy atom. The molecule has 4 N–H and O–H groups in total. The quantitative estimate of drug-likeness (QED) is 0.803. The van der Waals surface area contributed by atoms with Crippen molar-refractivity contribution in [3.63, 3.8) is 0 Å². The lowest BCUT2D eigenvalue weighted by Crippen LogP contribution is -2.32. The second kappa shape index (κ2) is 5.40. The van der Waals surface area contributed by atoms with Crippen molar-refractivity contribution in [2.24, 2.45) is 5.73 Å². The smallest absolute Gasteiger partial charge is 0.320 e. The molecule has 6 heteroatoms. The van der Waals surface area contributed by atoms with Crippen LogP contribution in [0.3, 0.4) is 0 Å². The number of aromatic nitrogens is 1. The fourth-order valence-electron chi connectivity index (χ4n) is 1.67. The number of carboxylic acids is 1. The van der Waals surface area contributed by atoms with Gasteiger partial charge in [-0.25, -0.2) is 0 Å². The number of hydrogen-bond acceptors (Lipinski definition) is 2. The molecule has 4 nitrogen and oxygen atoms in total. The van der Waals surface area contributed by atoms with Crippen LogP contribution < -0.4 is 5.73 Å². The van der Waals surface area contributed by atoms with Crippen LogP contribution in [0.25, 0.3) is 10.9 Å². The first-order chi connectivity index (χ1) is 7.59. The van der Waals surface area contributed by atoms with Gasteiger partial charge in [0.05, 0.1) is 10.5 Å². The number of benzene rings is 1. The molecule has 2 rings (SSSR count). The van der Waals surface area contributed by atoms with Crippen LogP contribution in [-0.2, 0) is 11.2 Å². The number of rotatable bonds is 3. The lowest BCUT2D eigenvalue weighted by molar-refractivity contribution is -0.138. The van der Waals surface area contributed by atoms with E-state index in [-0.39, 0.29) is 18.8 Å². The van der Waals surface area contributed by atoms with E-state index in [0.29, 0.717) is 5.02 Å². The maximum absolute atomic E-state index is 10.7. The van der Waals surface area contributed by atoms with Crippen molar-refractivity contribution >= 4 is 40.9 Å². The highest BCUT2D eigenvalue weighted by Gasteiger charge is 2.15. The van der Waals surface area contributed by atoms with Gasteiger partial charge in [-0.15, -0.1) is 12.4 Å². The summed E-state index contributed by atoms with van der Waals surface area (Å²) in [5.74, 6) is -1.00. The van der Waals surface area contributed by atoms with Crippen molar-refractivity contribution in [1.82, 2.24) is 4.98 Å². The molecule has 0 aliphatic carbocycles. The molecule has 1 atom stereocenters. The number of para-hydroxylation sites is 1. The van der Waals surface area contributed by atoms with Crippen LogP contribution >= 0.6 is 24.0 Å². The zero-order valence-corrected chi connectivity index (χ0v) is 10.4.